The Bertz CT molecular complexity index is 340. The van der Waals surface area contributed by atoms with Gasteiger partial charge < -0.3 is 15.3 Å². The summed E-state index contributed by atoms with van der Waals surface area (Å²) < 4.78 is 37.8. The summed E-state index contributed by atoms with van der Waals surface area (Å²) in [6.45, 7) is 1.63. The molecular weight excluding hydrogens is 253 g/mol. The lowest BCUT2D eigenvalue weighted by molar-refractivity contribution is -0.163. The van der Waals surface area contributed by atoms with Crippen molar-refractivity contribution in [2.24, 2.45) is 0 Å². The van der Waals surface area contributed by atoms with E-state index in [4.69, 9.17) is 5.11 Å². The summed E-state index contributed by atoms with van der Waals surface area (Å²) in [7, 11) is 0. The summed E-state index contributed by atoms with van der Waals surface area (Å²) in [5.74, 6) is -1.10. The van der Waals surface area contributed by atoms with Crippen LogP contribution in [-0.4, -0.2) is 46.8 Å². The molecule has 0 spiro atoms. The average Bonchev–Trinajstić information content (AvgIpc) is 2.98. The van der Waals surface area contributed by atoms with Crippen molar-refractivity contribution < 1.29 is 27.9 Å². The van der Waals surface area contributed by atoms with E-state index in [2.05, 4.69) is 0 Å². The van der Waals surface area contributed by atoms with Gasteiger partial charge in [0.1, 0.15) is 5.54 Å². The molecule has 1 aliphatic rings. The van der Waals surface area contributed by atoms with E-state index in [1.807, 2.05) is 5.32 Å². The van der Waals surface area contributed by atoms with Crippen molar-refractivity contribution in [3.8, 4) is 0 Å². The quantitative estimate of drug-likeness (QED) is 0.795. The molecule has 104 valence electrons. The van der Waals surface area contributed by atoms with Gasteiger partial charge >= 0.3 is 18.2 Å². The van der Waals surface area contributed by atoms with E-state index in [0.29, 0.717) is 0 Å². The summed E-state index contributed by atoms with van der Waals surface area (Å²) in [6.07, 6.45) is -5.01. The molecule has 0 aromatic heterocycles. The van der Waals surface area contributed by atoms with Crippen molar-refractivity contribution in [3.05, 3.63) is 0 Å². The third-order valence-corrected chi connectivity index (χ3v) is 2.90. The number of hydrogen-bond donors (Lipinski definition) is 2. The van der Waals surface area contributed by atoms with Crippen LogP contribution in [0.3, 0.4) is 0 Å². The van der Waals surface area contributed by atoms with Gasteiger partial charge in [-0.05, 0) is 19.8 Å². The molecule has 2 N–H and O–H groups in total. The van der Waals surface area contributed by atoms with Gasteiger partial charge in [0, 0.05) is 13.1 Å². The third-order valence-electron chi connectivity index (χ3n) is 2.90. The van der Waals surface area contributed by atoms with Crippen LogP contribution in [0.4, 0.5) is 18.0 Å². The monoisotopic (exact) mass is 268 g/mol. The second-order valence-electron chi connectivity index (χ2n) is 4.23. The minimum atomic E-state index is -4.46. The minimum Gasteiger partial charge on any atom is -0.481 e. The van der Waals surface area contributed by atoms with Gasteiger partial charge in [-0.2, -0.15) is 13.2 Å². The van der Waals surface area contributed by atoms with E-state index in [0.717, 1.165) is 4.90 Å². The zero-order chi connectivity index (χ0) is 14.0. The predicted molar refractivity (Wildman–Crippen MR) is 56.1 cm³/mol. The molecule has 0 heterocycles. The standard InChI is InChI=1S/C10H15F3N2O3/c1-2-15(6-3-7(16)17)8(18)14-9(4-5-9)10(11,12)13/h2-6H2,1H3,(H,14,18)(H,16,17). The summed E-state index contributed by atoms with van der Waals surface area (Å²) in [4.78, 5) is 23.0. The molecule has 0 aromatic carbocycles. The fourth-order valence-corrected chi connectivity index (χ4v) is 1.52. The predicted octanol–water partition coefficient (Wildman–Crippen LogP) is 1.59. The van der Waals surface area contributed by atoms with Gasteiger partial charge in [-0.25, -0.2) is 4.79 Å². The number of alkyl halides is 3. The van der Waals surface area contributed by atoms with Crippen LogP contribution >= 0.6 is 0 Å². The average molecular weight is 268 g/mol. The van der Waals surface area contributed by atoms with Gasteiger partial charge in [-0.3, -0.25) is 4.79 Å². The second kappa shape index (κ2) is 5.03. The van der Waals surface area contributed by atoms with Gasteiger partial charge in [0.25, 0.3) is 0 Å². The van der Waals surface area contributed by atoms with Gasteiger partial charge in [-0.15, -0.1) is 0 Å². The molecule has 5 nitrogen and oxygen atoms in total. The number of aliphatic carboxylic acids is 1. The zero-order valence-corrected chi connectivity index (χ0v) is 9.88. The van der Waals surface area contributed by atoms with Gasteiger partial charge in [0.05, 0.1) is 6.42 Å². The highest BCUT2D eigenvalue weighted by atomic mass is 19.4. The normalized spacial score (nSPS) is 17.1. The molecule has 0 aromatic rings. The van der Waals surface area contributed by atoms with Gasteiger partial charge in [0.15, 0.2) is 0 Å². The Labute approximate surface area is 102 Å². The Morgan fingerprint density at radius 1 is 1.39 bits per heavy atom. The molecule has 0 bridgehead atoms. The maximum absolute atomic E-state index is 12.6. The first kappa shape index (κ1) is 14.6. The van der Waals surface area contributed by atoms with E-state index in [1.165, 1.54) is 0 Å². The van der Waals surface area contributed by atoms with Crippen LogP contribution in [0, 0.1) is 0 Å². The topological polar surface area (TPSA) is 69.6 Å². The number of nitrogens with one attached hydrogen (secondary N) is 1. The maximum Gasteiger partial charge on any atom is 0.411 e. The lowest BCUT2D eigenvalue weighted by atomic mass is 10.2. The number of carbonyl (C=O) groups excluding carboxylic acids is 1. The molecule has 1 aliphatic carbocycles. The molecule has 18 heavy (non-hydrogen) atoms. The molecule has 1 fully saturated rings. The van der Waals surface area contributed by atoms with Crippen molar-refractivity contribution in [1.29, 1.82) is 0 Å². The van der Waals surface area contributed by atoms with Crippen molar-refractivity contribution in [3.63, 3.8) is 0 Å². The first-order valence-corrected chi connectivity index (χ1v) is 5.57. The number of carboxylic acid groups (broad SMARTS) is 1. The van der Waals surface area contributed by atoms with Crippen LogP contribution in [0.1, 0.15) is 26.2 Å². The van der Waals surface area contributed by atoms with E-state index in [-0.39, 0.29) is 32.4 Å². The molecule has 1 rings (SSSR count). The fraction of sp³-hybridized carbons (Fsp3) is 0.800. The SMILES string of the molecule is CCN(CCC(=O)O)C(=O)NC1(C(F)(F)F)CC1. The third kappa shape index (κ3) is 3.27. The summed E-state index contributed by atoms with van der Waals surface area (Å²) in [5.41, 5.74) is -2.11. The second-order valence-corrected chi connectivity index (χ2v) is 4.23. The Morgan fingerprint density at radius 2 is 1.94 bits per heavy atom. The molecule has 0 aliphatic heterocycles. The lowest BCUT2D eigenvalue weighted by Gasteiger charge is -2.26. The van der Waals surface area contributed by atoms with Crippen molar-refractivity contribution in [1.82, 2.24) is 10.2 Å². The Kier molecular flexibility index (Phi) is 4.08. The minimum absolute atomic E-state index is 0.106. The van der Waals surface area contributed by atoms with E-state index in [1.54, 1.807) is 6.92 Å². The first-order valence-electron chi connectivity index (χ1n) is 5.57. The number of carbonyl (C=O) groups is 2. The Balaban J connectivity index is 2.55. The summed E-state index contributed by atoms with van der Waals surface area (Å²) in [6, 6.07) is -0.867. The highest BCUT2D eigenvalue weighted by Crippen LogP contribution is 2.48. The molecular formula is C10H15F3N2O3. The highest BCUT2D eigenvalue weighted by molar-refractivity contribution is 5.76. The summed E-state index contributed by atoms with van der Waals surface area (Å²) in [5, 5.41) is 10.4. The largest absolute Gasteiger partial charge is 0.481 e. The number of nitrogens with zero attached hydrogens (tertiary/aromatic N) is 1. The van der Waals surface area contributed by atoms with Crippen molar-refractivity contribution >= 4 is 12.0 Å². The first-order chi connectivity index (χ1) is 8.22. The maximum atomic E-state index is 12.6. The number of amides is 2. The van der Waals surface area contributed by atoms with E-state index in [9.17, 15) is 22.8 Å². The fourth-order valence-electron chi connectivity index (χ4n) is 1.52. The number of carboxylic acids is 1. The molecule has 2 amide bonds. The van der Waals surface area contributed by atoms with Crippen LogP contribution in [0.25, 0.3) is 0 Å². The molecule has 8 heteroatoms. The van der Waals surface area contributed by atoms with Gasteiger partial charge in [0.2, 0.25) is 0 Å². The van der Waals surface area contributed by atoms with Crippen molar-refractivity contribution in [2.75, 3.05) is 13.1 Å². The number of halogens is 3. The highest BCUT2D eigenvalue weighted by Gasteiger charge is 2.64. The molecule has 0 radical (unpaired) electrons. The molecule has 0 saturated heterocycles. The smallest absolute Gasteiger partial charge is 0.411 e. The number of hydrogen-bond acceptors (Lipinski definition) is 2. The lowest BCUT2D eigenvalue weighted by Crippen LogP contribution is -2.53. The summed E-state index contributed by atoms with van der Waals surface area (Å²) >= 11 is 0. The van der Waals surface area contributed by atoms with Gasteiger partial charge in [-0.1, -0.05) is 0 Å². The molecule has 0 atom stereocenters. The zero-order valence-electron chi connectivity index (χ0n) is 9.88. The Hall–Kier alpha value is -1.47. The van der Waals surface area contributed by atoms with Crippen LogP contribution < -0.4 is 5.32 Å². The number of rotatable bonds is 5. The van der Waals surface area contributed by atoms with Crippen LogP contribution in [0.15, 0.2) is 0 Å². The van der Waals surface area contributed by atoms with Crippen LogP contribution in [0.2, 0.25) is 0 Å². The number of urea groups is 1. The van der Waals surface area contributed by atoms with Crippen LogP contribution in [0.5, 0.6) is 0 Å². The van der Waals surface area contributed by atoms with E-state index < -0.39 is 23.7 Å². The Morgan fingerprint density at radius 3 is 2.28 bits per heavy atom. The molecule has 0 unspecified atom stereocenters. The van der Waals surface area contributed by atoms with Crippen molar-refractivity contribution in [2.45, 2.75) is 37.9 Å². The molecule has 1 saturated carbocycles. The van der Waals surface area contributed by atoms with E-state index >= 15 is 0 Å². The van der Waals surface area contributed by atoms with Crippen LogP contribution in [-0.2, 0) is 4.79 Å².